The monoisotopic (exact) mass is 225 g/mol. The lowest BCUT2D eigenvalue weighted by atomic mass is 9.79. The van der Waals surface area contributed by atoms with Gasteiger partial charge in [-0.3, -0.25) is 0 Å². The molecule has 1 nitrogen and oxygen atoms in total. The summed E-state index contributed by atoms with van der Waals surface area (Å²) in [5.74, 6) is -4.03. The molecule has 0 saturated carbocycles. The first kappa shape index (κ1) is 11.8. The lowest BCUT2D eigenvalue weighted by molar-refractivity contribution is 0.315. The molecule has 1 aromatic rings. The highest BCUT2D eigenvalue weighted by molar-refractivity contribution is 6.74. The molecule has 0 unspecified atom stereocenters. The highest BCUT2D eigenvalue weighted by Crippen LogP contribution is 2.23. The van der Waals surface area contributed by atoms with Crippen molar-refractivity contribution >= 4 is 12.4 Å². The van der Waals surface area contributed by atoms with Gasteiger partial charge in [0.15, 0.2) is 11.6 Å². The molecule has 7 heteroatoms. The highest BCUT2D eigenvalue weighted by atomic mass is 19.4. The number of benzene rings is 1. The van der Waals surface area contributed by atoms with Crippen molar-refractivity contribution in [3.05, 3.63) is 23.8 Å². The van der Waals surface area contributed by atoms with Gasteiger partial charge in [0.2, 0.25) is 0 Å². The van der Waals surface area contributed by atoms with Crippen LogP contribution in [0.25, 0.3) is 0 Å². The molecule has 0 fully saturated rings. The molecule has 1 aromatic carbocycles. The highest BCUT2D eigenvalue weighted by Gasteiger charge is 2.31. The Morgan fingerprint density at radius 1 is 1.20 bits per heavy atom. The normalized spacial score (nSPS) is 11.6. The van der Waals surface area contributed by atoms with E-state index in [1.807, 2.05) is 0 Å². The van der Waals surface area contributed by atoms with E-state index in [2.05, 4.69) is 4.74 Å². The van der Waals surface area contributed by atoms with Gasteiger partial charge >= 0.3 is 6.98 Å². The van der Waals surface area contributed by atoms with Gasteiger partial charge in [-0.25, -0.2) is 4.39 Å². The molecule has 1 rings (SSSR count). The zero-order chi connectivity index (χ0) is 11.6. The van der Waals surface area contributed by atoms with Gasteiger partial charge < -0.3 is 17.7 Å². The summed E-state index contributed by atoms with van der Waals surface area (Å²) in [6.07, 6.45) is 0. The third kappa shape index (κ3) is 2.40. The predicted molar refractivity (Wildman–Crippen MR) is 46.2 cm³/mol. The average Bonchev–Trinajstić information content (AvgIpc) is 2.11. The Morgan fingerprint density at radius 2 is 1.80 bits per heavy atom. The fraction of sp³-hybridized carbons (Fsp3) is 0.250. The molecule has 0 radical (unpaired) electrons. The van der Waals surface area contributed by atoms with Crippen molar-refractivity contribution in [2.24, 2.45) is 0 Å². The van der Waals surface area contributed by atoms with Gasteiger partial charge in [0, 0.05) is 0 Å². The molecule has 0 bridgehead atoms. The van der Waals surface area contributed by atoms with E-state index >= 15 is 0 Å². The van der Waals surface area contributed by atoms with E-state index in [0.29, 0.717) is 12.1 Å². The standard InChI is InChI=1S/C8H7BF5O/c1-2-15-8-5(9(12,13)14)3-4-6(10)7(8)11/h3-4H,2H2,1H3/q-1. The zero-order valence-corrected chi connectivity index (χ0v) is 7.74. The summed E-state index contributed by atoms with van der Waals surface area (Å²) >= 11 is 0. The van der Waals surface area contributed by atoms with Crippen molar-refractivity contribution in [3.8, 4) is 5.75 Å². The van der Waals surface area contributed by atoms with E-state index in [1.54, 1.807) is 0 Å². The number of hydrogen-bond donors (Lipinski definition) is 0. The van der Waals surface area contributed by atoms with Crippen LogP contribution in [0.3, 0.4) is 0 Å². The molecule has 0 saturated heterocycles. The molecule has 0 spiro atoms. The zero-order valence-electron chi connectivity index (χ0n) is 7.74. The molecule has 0 aliphatic heterocycles. The van der Waals surface area contributed by atoms with Crippen LogP contribution in [-0.4, -0.2) is 13.6 Å². The van der Waals surface area contributed by atoms with Gasteiger partial charge in [-0.15, -0.1) is 0 Å². The maximum Gasteiger partial charge on any atom is 0.513 e. The fourth-order valence-electron chi connectivity index (χ4n) is 1.10. The summed E-state index contributed by atoms with van der Waals surface area (Å²) in [5, 5.41) is 0. The molecule has 0 aliphatic rings. The minimum Gasteiger partial charge on any atom is -0.494 e. The van der Waals surface area contributed by atoms with E-state index in [-0.39, 0.29) is 6.61 Å². The molecule has 0 N–H and O–H groups in total. The fourth-order valence-corrected chi connectivity index (χ4v) is 1.10. The summed E-state index contributed by atoms with van der Waals surface area (Å²) in [6, 6.07) is 0.909. The second-order valence-corrected chi connectivity index (χ2v) is 2.79. The quantitative estimate of drug-likeness (QED) is 0.566. The Kier molecular flexibility index (Phi) is 3.21. The van der Waals surface area contributed by atoms with Crippen molar-refractivity contribution in [1.82, 2.24) is 0 Å². The van der Waals surface area contributed by atoms with Gasteiger partial charge in [0.25, 0.3) is 0 Å². The van der Waals surface area contributed by atoms with Crippen LogP contribution in [0.1, 0.15) is 6.92 Å². The first-order valence-electron chi connectivity index (χ1n) is 4.18. The van der Waals surface area contributed by atoms with Crippen molar-refractivity contribution in [2.75, 3.05) is 6.61 Å². The number of ether oxygens (including phenoxy) is 1. The molecule has 0 heterocycles. The van der Waals surface area contributed by atoms with Gasteiger partial charge in [-0.2, -0.15) is 4.39 Å². The van der Waals surface area contributed by atoms with Gasteiger partial charge in [-0.1, -0.05) is 11.5 Å². The first-order valence-corrected chi connectivity index (χ1v) is 4.18. The third-order valence-corrected chi connectivity index (χ3v) is 1.72. The van der Waals surface area contributed by atoms with Crippen molar-refractivity contribution < 1.29 is 26.5 Å². The Hall–Kier alpha value is -1.27. The SMILES string of the molecule is CCOc1c([B-](F)(F)F)ccc(F)c1F. The summed E-state index contributed by atoms with van der Waals surface area (Å²) in [4.78, 5) is 0. The summed E-state index contributed by atoms with van der Waals surface area (Å²) in [7, 11) is 0. The van der Waals surface area contributed by atoms with Crippen LogP contribution >= 0.6 is 0 Å². The molecule has 15 heavy (non-hydrogen) atoms. The van der Waals surface area contributed by atoms with Crippen molar-refractivity contribution in [2.45, 2.75) is 6.92 Å². The Balaban J connectivity index is 3.33. The lowest BCUT2D eigenvalue weighted by Gasteiger charge is -2.19. The molecule has 0 aliphatic carbocycles. The molecular weight excluding hydrogens is 218 g/mol. The van der Waals surface area contributed by atoms with E-state index in [9.17, 15) is 21.7 Å². The second kappa shape index (κ2) is 4.08. The van der Waals surface area contributed by atoms with E-state index < -0.39 is 29.8 Å². The Morgan fingerprint density at radius 3 is 2.27 bits per heavy atom. The largest absolute Gasteiger partial charge is 0.513 e. The molecule has 0 atom stereocenters. The van der Waals surface area contributed by atoms with E-state index in [1.165, 1.54) is 6.92 Å². The van der Waals surface area contributed by atoms with Crippen molar-refractivity contribution in [1.29, 1.82) is 0 Å². The van der Waals surface area contributed by atoms with Crippen LogP contribution in [0.4, 0.5) is 21.7 Å². The Bertz CT molecular complexity index is 363. The van der Waals surface area contributed by atoms with Crippen LogP contribution < -0.4 is 10.2 Å². The number of rotatable bonds is 3. The minimum absolute atomic E-state index is 0.167. The summed E-state index contributed by atoms with van der Waals surface area (Å²) in [6.45, 7) is -4.19. The maximum absolute atomic E-state index is 13.0. The van der Waals surface area contributed by atoms with Crippen molar-refractivity contribution in [3.63, 3.8) is 0 Å². The van der Waals surface area contributed by atoms with Crippen LogP contribution in [0.2, 0.25) is 0 Å². The molecule has 0 aromatic heterocycles. The first-order chi connectivity index (χ1) is 6.88. The van der Waals surface area contributed by atoms with Crippen LogP contribution in [0.5, 0.6) is 5.75 Å². The lowest BCUT2D eigenvalue weighted by Crippen LogP contribution is -2.36. The van der Waals surface area contributed by atoms with Crippen LogP contribution in [0, 0.1) is 11.6 Å². The van der Waals surface area contributed by atoms with Crippen LogP contribution in [0.15, 0.2) is 12.1 Å². The number of hydrogen-bond acceptors (Lipinski definition) is 1. The summed E-state index contributed by atoms with van der Waals surface area (Å²) < 4.78 is 67.2. The van der Waals surface area contributed by atoms with E-state index in [0.717, 1.165) is 0 Å². The summed E-state index contributed by atoms with van der Waals surface area (Å²) in [5.41, 5.74) is -1.25. The molecule has 84 valence electrons. The average molecular weight is 225 g/mol. The van der Waals surface area contributed by atoms with Gasteiger partial charge in [0.05, 0.1) is 6.61 Å². The topological polar surface area (TPSA) is 9.23 Å². The molecule has 0 amide bonds. The number of halogens is 5. The second-order valence-electron chi connectivity index (χ2n) is 2.79. The predicted octanol–water partition coefficient (Wildman–Crippen LogP) is 2.42. The molecular formula is C8H7BF5O-. The van der Waals surface area contributed by atoms with Crippen LogP contribution in [-0.2, 0) is 0 Å². The van der Waals surface area contributed by atoms with Gasteiger partial charge in [-0.05, 0) is 13.0 Å². The minimum atomic E-state index is -5.41. The Labute approximate surface area is 82.9 Å². The van der Waals surface area contributed by atoms with Gasteiger partial charge in [0.1, 0.15) is 5.75 Å². The smallest absolute Gasteiger partial charge is 0.494 e. The van der Waals surface area contributed by atoms with E-state index in [4.69, 9.17) is 0 Å². The third-order valence-electron chi connectivity index (χ3n) is 1.72. The maximum atomic E-state index is 13.0.